The first-order chi connectivity index (χ1) is 9.13. The SMILES string of the molecule is Nc1ncnc2c1ncn2[C@@H]1O[C@H](CO)[C@@H](O)[C@H]1O.[SeH2]. The molecule has 10 heteroatoms. The van der Waals surface area contributed by atoms with Crippen LogP contribution in [0, 0.1) is 0 Å². The molecule has 1 aliphatic rings. The number of aromatic nitrogens is 4. The fraction of sp³-hybridized carbons (Fsp3) is 0.500. The number of imidazole rings is 1. The van der Waals surface area contributed by atoms with Gasteiger partial charge in [-0.05, 0) is 0 Å². The molecule has 0 bridgehead atoms. The van der Waals surface area contributed by atoms with Gasteiger partial charge >= 0.3 is 17.1 Å². The molecule has 0 unspecified atom stereocenters. The van der Waals surface area contributed by atoms with Crippen LogP contribution >= 0.6 is 0 Å². The van der Waals surface area contributed by atoms with Gasteiger partial charge in [-0.25, -0.2) is 15.0 Å². The van der Waals surface area contributed by atoms with Crippen molar-refractivity contribution < 1.29 is 20.1 Å². The molecule has 4 atom stereocenters. The Balaban J connectivity index is 0.00000147. The van der Waals surface area contributed by atoms with Crippen LogP contribution in [-0.2, 0) is 4.74 Å². The molecule has 1 aliphatic heterocycles. The van der Waals surface area contributed by atoms with E-state index < -0.39 is 31.1 Å². The van der Waals surface area contributed by atoms with Gasteiger partial charge in [0.15, 0.2) is 17.7 Å². The number of nitrogen functional groups attached to an aromatic ring is 1. The van der Waals surface area contributed by atoms with E-state index in [1.165, 1.54) is 17.2 Å². The molecule has 1 saturated heterocycles. The maximum absolute atomic E-state index is 9.95. The predicted molar refractivity (Wildman–Crippen MR) is 71.3 cm³/mol. The minimum absolute atomic E-state index is 0. The van der Waals surface area contributed by atoms with Crippen molar-refractivity contribution in [1.82, 2.24) is 19.5 Å². The van der Waals surface area contributed by atoms with E-state index >= 15 is 0 Å². The zero-order chi connectivity index (χ0) is 13.6. The van der Waals surface area contributed by atoms with Crippen LogP contribution in [0.2, 0.25) is 0 Å². The number of aliphatic hydroxyl groups excluding tert-OH is 3. The van der Waals surface area contributed by atoms with Crippen molar-refractivity contribution in [3.05, 3.63) is 12.7 Å². The van der Waals surface area contributed by atoms with E-state index in [1.807, 2.05) is 0 Å². The topological polar surface area (TPSA) is 140 Å². The molecule has 1 fully saturated rings. The third-order valence-corrected chi connectivity index (χ3v) is 3.18. The number of nitrogens with zero attached hydrogens (tertiary/aromatic N) is 4. The number of rotatable bonds is 2. The van der Waals surface area contributed by atoms with E-state index in [0.717, 1.165) is 0 Å². The normalized spacial score (nSPS) is 29.6. The van der Waals surface area contributed by atoms with E-state index in [1.54, 1.807) is 0 Å². The summed E-state index contributed by atoms with van der Waals surface area (Å²) in [5.41, 5.74) is 6.44. The molecule has 20 heavy (non-hydrogen) atoms. The van der Waals surface area contributed by atoms with E-state index in [2.05, 4.69) is 15.0 Å². The first kappa shape index (κ1) is 15.1. The predicted octanol–water partition coefficient (Wildman–Crippen LogP) is -2.90. The Morgan fingerprint density at radius 3 is 2.65 bits per heavy atom. The quantitative estimate of drug-likeness (QED) is 0.424. The van der Waals surface area contributed by atoms with Crippen molar-refractivity contribution in [2.24, 2.45) is 0 Å². The van der Waals surface area contributed by atoms with Crippen LogP contribution in [0.1, 0.15) is 6.23 Å². The minimum atomic E-state index is -1.19. The number of nitrogens with two attached hydrogens (primary N) is 1. The Kier molecular flexibility index (Phi) is 4.23. The van der Waals surface area contributed by atoms with Gasteiger partial charge < -0.3 is 25.8 Å². The number of hydrogen-bond donors (Lipinski definition) is 4. The van der Waals surface area contributed by atoms with Gasteiger partial charge in [0, 0.05) is 0 Å². The third-order valence-electron chi connectivity index (χ3n) is 3.18. The summed E-state index contributed by atoms with van der Waals surface area (Å²) in [6.45, 7) is -0.390. The standard InChI is InChI=1S/C10H13N5O4.H2Se/c11-8-5-9(13-2-12-8)15(3-14-5)10-7(18)6(17)4(1-16)19-10;/h2-4,6-7,10,16-18H,1H2,(H2,11,12,13);1H2/t4-,6-,7-,10-;/m1./s1. The van der Waals surface area contributed by atoms with Crippen LogP contribution in [0.25, 0.3) is 11.2 Å². The van der Waals surface area contributed by atoms with Gasteiger partial charge in [0.2, 0.25) is 0 Å². The number of aliphatic hydroxyl groups is 3. The maximum atomic E-state index is 9.95. The van der Waals surface area contributed by atoms with E-state index in [0.29, 0.717) is 11.2 Å². The molecule has 110 valence electrons. The fourth-order valence-corrected chi connectivity index (χ4v) is 2.17. The summed E-state index contributed by atoms with van der Waals surface area (Å²) in [7, 11) is 0. The number of anilines is 1. The van der Waals surface area contributed by atoms with Gasteiger partial charge in [-0.3, -0.25) is 4.57 Å². The molecular formula is C10H15N5O4Se. The molecule has 0 spiro atoms. The Morgan fingerprint density at radius 2 is 2.00 bits per heavy atom. The van der Waals surface area contributed by atoms with E-state index in [-0.39, 0.29) is 22.9 Å². The van der Waals surface area contributed by atoms with Gasteiger partial charge in [0.1, 0.15) is 30.2 Å². The molecule has 9 nitrogen and oxygen atoms in total. The van der Waals surface area contributed by atoms with Crippen LogP contribution in [0.4, 0.5) is 5.82 Å². The zero-order valence-electron chi connectivity index (χ0n) is 10.3. The first-order valence-corrected chi connectivity index (χ1v) is 5.69. The molecular weight excluding hydrogens is 333 g/mol. The molecule has 0 radical (unpaired) electrons. The summed E-state index contributed by atoms with van der Waals surface area (Å²) in [6.07, 6.45) is -1.42. The molecule has 3 rings (SSSR count). The zero-order valence-corrected chi connectivity index (χ0v) is 12.4. The van der Waals surface area contributed by atoms with Crippen molar-refractivity contribution in [3.63, 3.8) is 0 Å². The number of ether oxygens (including phenoxy) is 1. The molecule has 0 amide bonds. The van der Waals surface area contributed by atoms with Gasteiger partial charge in [-0.15, -0.1) is 0 Å². The van der Waals surface area contributed by atoms with E-state index in [4.69, 9.17) is 15.6 Å². The fourth-order valence-electron chi connectivity index (χ4n) is 2.17. The summed E-state index contributed by atoms with van der Waals surface area (Å²) in [5, 5.41) is 28.7. The van der Waals surface area contributed by atoms with Crippen molar-refractivity contribution in [2.45, 2.75) is 24.5 Å². The van der Waals surface area contributed by atoms with Crippen LogP contribution < -0.4 is 5.73 Å². The van der Waals surface area contributed by atoms with Crippen LogP contribution in [0.15, 0.2) is 12.7 Å². The molecule has 3 heterocycles. The van der Waals surface area contributed by atoms with Crippen LogP contribution in [0.3, 0.4) is 0 Å². The van der Waals surface area contributed by atoms with Crippen LogP contribution in [-0.4, -0.2) is 76.8 Å². The molecule has 0 aromatic carbocycles. The average molecular weight is 348 g/mol. The second kappa shape index (κ2) is 5.60. The number of fused-ring (bicyclic) bond motifs is 1. The van der Waals surface area contributed by atoms with Gasteiger partial charge in [0.05, 0.1) is 12.9 Å². The summed E-state index contributed by atoms with van der Waals surface area (Å²) in [4.78, 5) is 11.9. The summed E-state index contributed by atoms with van der Waals surface area (Å²) in [5.74, 6) is 0.218. The summed E-state index contributed by atoms with van der Waals surface area (Å²) >= 11 is 0. The average Bonchev–Trinajstić information content (AvgIpc) is 2.94. The molecule has 2 aromatic rings. The molecule has 2 aromatic heterocycles. The Bertz CT molecular complexity index is 608. The second-order valence-corrected chi connectivity index (χ2v) is 4.31. The summed E-state index contributed by atoms with van der Waals surface area (Å²) < 4.78 is 6.85. The Morgan fingerprint density at radius 1 is 1.25 bits per heavy atom. The van der Waals surface area contributed by atoms with Crippen molar-refractivity contribution in [1.29, 1.82) is 0 Å². The molecule has 5 N–H and O–H groups in total. The van der Waals surface area contributed by atoms with Gasteiger partial charge in [-0.2, -0.15) is 0 Å². The Hall–Kier alpha value is -1.29. The summed E-state index contributed by atoms with van der Waals surface area (Å²) in [6, 6.07) is 0. The Labute approximate surface area is 123 Å². The van der Waals surface area contributed by atoms with Crippen LogP contribution in [0.5, 0.6) is 0 Å². The van der Waals surface area contributed by atoms with E-state index in [9.17, 15) is 10.2 Å². The van der Waals surface area contributed by atoms with Crippen molar-refractivity contribution in [3.8, 4) is 0 Å². The van der Waals surface area contributed by atoms with Gasteiger partial charge in [0.25, 0.3) is 0 Å². The second-order valence-electron chi connectivity index (χ2n) is 4.31. The molecule has 0 saturated carbocycles. The molecule has 0 aliphatic carbocycles. The monoisotopic (exact) mass is 349 g/mol. The third kappa shape index (κ3) is 2.16. The number of hydrogen-bond acceptors (Lipinski definition) is 8. The van der Waals surface area contributed by atoms with Gasteiger partial charge in [-0.1, -0.05) is 0 Å². The first-order valence-electron chi connectivity index (χ1n) is 5.69. The van der Waals surface area contributed by atoms with Crippen molar-refractivity contribution >= 4 is 34.1 Å². The van der Waals surface area contributed by atoms with Crippen molar-refractivity contribution in [2.75, 3.05) is 12.3 Å².